The molecule has 0 bridgehead atoms. The van der Waals surface area contributed by atoms with Crippen LogP contribution in [0.3, 0.4) is 0 Å². The van der Waals surface area contributed by atoms with Gasteiger partial charge in [0, 0.05) is 11.6 Å². The van der Waals surface area contributed by atoms with Crippen molar-refractivity contribution in [1.29, 1.82) is 0 Å². The minimum Gasteiger partial charge on any atom is -0.289 e. The molecule has 0 spiro atoms. The van der Waals surface area contributed by atoms with Crippen molar-refractivity contribution in [2.75, 3.05) is 0 Å². The smallest absolute Gasteiger partial charge is 0.254 e. The van der Waals surface area contributed by atoms with Gasteiger partial charge in [0.15, 0.2) is 0 Å². The molecule has 0 aromatic heterocycles. The fourth-order valence-electron chi connectivity index (χ4n) is 3.68. The van der Waals surface area contributed by atoms with Gasteiger partial charge in [-0.2, -0.15) is 0 Å². The van der Waals surface area contributed by atoms with Gasteiger partial charge in [-0.05, 0) is 12.8 Å². The van der Waals surface area contributed by atoms with Gasteiger partial charge in [-0.1, -0.05) is 110 Å². The molecule has 0 saturated carbocycles. The van der Waals surface area contributed by atoms with E-state index < -0.39 is 0 Å². The molecule has 2 amide bonds. The Morgan fingerprint density at radius 3 is 1.35 bits per heavy atom. The highest BCUT2D eigenvalue weighted by Gasteiger charge is 2.19. The zero-order chi connectivity index (χ0) is 18.9. The van der Waals surface area contributed by atoms with Crippen molar-refractivity contribution in [1.82, 2.24) is 5.32 Å². The number of hydrogen-bond donors (Lipinski definition) is 1. The molecule has 0 fully saturated rings. The highest BCUT2D eigenvalue weighted by atomic mass is 16.2. The molecule has 150 valence electrons. The summed E-state index contributed by atoms with van der Waals surface area (Å²) in [4.78, 5) is 22.4. The zero-order valence-corrected chi connectivity index (χ0v) is 17.1. The SMILES string of the molecule is CCCCCCCCCCCCCCCCCCCC1=CC(=O)NC1=O. The highest BCUT2D eigenvalue weighted by molar-refractivity contribution is 6.16. The lowest BCUT2D eigenvalue weighted by Gasteiger charge is -2.04. The Bertz CT molecular complexity index is 414. The Hall–Kier alpha value is -1.12. The zero-order valence-electron chi connectivity index (χ0n) is 17.1. The average Bonchev–Trinajstić information content (AvgIpc) is 2.95. The maximum Gasteiger partial charge on any atom is 0.254 e. The first-order valence-electron chi connectivity index (χ1n) is 11.3. The lowest BCUT2D eigenvalue weighted by Crippen LogP contribution is -2.22. The maximum atomic E-state index is 11.4. The minimum atomic E-state index is -0.253. The van der Waals surface area contributed by atoms with Crippen LogP contribution in [0.2, 0.25) is 0 Å². The van der Waals surface area contributed by atoms with Crippen molar-refractivity contribution in [2.45, 2.75) is 122 Å². The number of hydrogen-bond acceptors (Lipinski definition) is 2. The summed E-state index contributed by atoms with van der Waals surface area (Å²) in [5, 5.41) is 2.30. The summed E-state index contributed by atoms with van der Waals surface area (Å²) in [6, 6.07) is 0. The summed E-state index contributed by atoms with van der Waals surface area (Å²) in [7, 11) is 0. The molecule has 1 aliphatic rings. The second-order valence-electron chi connectivity index (χ2n) is 7.89. The van der Waals surface area contributed by atoms with E-state index in [1.54, 1.807) is 0 Å². The second kappa shape index (κ2) is 16.1. The molecule has 0 aromatic carbocycles. The van der Waals surface area contributed by atoms with Crippen LogP contribution in [-0.4, -0.2) is 11.8 Å². The molecule has 0 saturated heterocycles. The quantitative estimate of drug-likeness (QED) is 0.220. The Morgan fingerprint density at radius 1 is 0.615 bits per heavy atom. The highest BCUT2D eigenvalue weighted by Crippen LogP contribution is 2.16. The third-order valence-electron chi connectivity index (χ3n) is 5.38. The van der Waals surface area contributed by atoms with Crippen molar-refractivity contribution in [3.63, 3.8) is 0 Å². The van der Waals surface area contributed by atoms with E-state index in [0.717, 1.165) is 19.3 Å². The Labute approximate surface area is 161 Å². The summed E-state index contributed by atoms with van der Waals surface area (Å²) < 4.78 is 0. The number of nitrogens with one attached hydrogen (secondary N) is 1. The monoisotopic (exact) mass is 363 g/mol. The lowest BCUT2D eigenvalue weighted by molar-refractivity contribution is -0.123. The van der Waals surface area contributed by atoms with E-state index in [1.165, 1.54) is 102 Å². The summed E-state index contributed by atoms with van der Waals surface area (Å²) in [5.41, 5.74) is 0.663. The second-order valence-corrected chi connectivity index (χ2v) is 7.89. The van der Waals surface area contributed by atoms with Crippen molar-refractivity contribution in [3.8, 4) is 0 Å². The van der Waals surface area contributed by atoms with Crippen LogP contribution in [0.15, 0.2) is 11.6 Å². The molecule has 0 unspecified atom stereocenters. The number of rotatable bonds is 18. The van der Waals surface area contributed by atoms with E-state index in [4.69, 9.17) is 0 Å². The molecular weight excluding hydrogens is 322 g/mol. The summed E-state index contributed by atoms with van der Waals surface area (Å²) in [6.07, 6.45) is 25.3. The number of imide groups is 1. The Morgan fingerprint density at radius 2 is 1.00 bits per heavy atom. The molecule has 26 heavy (non-hydrogen) atoms. The van der Waals surface area contributed by atoms with Crippen LogP contribution in [0.4, 0.5) is 0 Å². The number of unbranched alkanes of at least 4 members (excludes halogenated alkanes) is 16. The van der Waals surface area contributed by atoms with E-state index in [1.807, 2.05) is 0 Å². The van der Waals surface area contributed by atoms with E-state index >= 15 is 0 Å². The molecule has 1 N–H and O–H groups in total. The topological polar surface area (TPSA) is 46.2 Å². The largest absolute Gasteiger partial charge is 0.289 e. The van der Waals surface area contributed by atoms with Crippen LogP contribution < -0.4 is 5.32 Å². The average molecular weight is 364 g/mol. The van der Waals surface area contributed by atoms with E-state index in [0.29, 0.717) is 5.57 Å². The van der Waals surface area contributed by atoms with Gasteiger partial charge < -0.3 is 0 Å². The Balaban J connectivity index is 1.73. The standard InChI is InChI=1S/C23H41NO2/c1-2-3-4-5-6-7-8-9-10-11-12-13-14-15-16-17-18-19-21-20-22(25)24-23(21)26/h20H,2-19H2,1H3,(H,24,25,26). The molecule has 0 atom stereocenters. The van der Waals surface area contributed by atoms with Gasteiger partial charge in [-0.25, -0.2) is 0 Å². The number of carbonyl (C=O) groups excluding carboxylic acids is 2. The van der Waals surface area contributed by atoms with Crippen LogP contribution in [0, 0.1) is 0 Å². The molecule has 0 aromatic rings. The van der Waals surface area contributed by atoms with Crippen LogP contribution in [0.5, 0.6) is 0 Å². The van der Waals surface area contributed by atoms with Gasteiger partial charge in [0.25, 0.3) is 11.8 Å². The maximum absolute atomic E-state index is 11.4. The number of carbonyl (C=O) groups is 2. The minimum absolute atomic E-state index is 0.188. The fraction of sp³-hybridized carbons (Fsp3) is 0.826. The Kier molecular flexibility index (Phi) is 14.2. The number of amides is 2. The first-order chi connectivity index (χ1) is 12.7. The van der Waals surface area contributed by atoms with Gasteiger partial charge >= 0.3 is 0 Å². The van der Waals surface area contributed by atoms with Gasteiger partial charge in [0.1, 0.15) is 0 Å². The fourth-order valence-corrected chi connectivity index (χ4v) is 3.68. The van der Waals surface area contributed by atoms with E-state index in [2.05, 4.69) is 12.2 Å². The summed E-state index contributed by atoms with van der Waals surface area (Å²) in [5.74, 6) is -0.441. The van der Waals surface area contributed by atoms with Gasteiger partial charge in [0.2, 0.25) is 0 Å². The van der Waals surface area contributed by atoms with E-state index in [9.17, 15) is 9.59 Å². The molecule has 1 aliphatic heterocycles. The summed E-state index contributed by atoms with van der Waals surface area (Å²) >= 11 is 0. The lowest BCUT2D eigenvalue weighted by atomic mass is 10.0. The summed E-state index contributed by atoms with van der Waals surface area (Å²) in [6.45, 7) is 2.28. The third-order valence-corrected chi connectivity index (χ3v) is 5.38. The normalized spacial score (nSPS) is 14.0. The molecule has 1 rings (SSSR count). The molecular formula is C23H41NO2. The molecule has 3 nitrogen and oxygen atoms in total. The van der Waals surface area contributed by atoms with Gasteiger partial charge in [-0.3, -0.25) is 14.9 Å². The van der Waals surface area contributed by atoms with E-state index in [-0.39, 0.29) is 11.8 Å². The van der Waals surface area contributed by atoms with Crippen molar-refractivity contribution in [3.05, 3.63) is 11.6 Å². The molecule has 3 heteroatoms. The van der Waals surface area contributed by atoms with Gasteiger partial charge in [-0.15, -0.1) is 0 Å². The first kappa shape index (κ1) is 22.9. The first-order valence-corrected chi connectivity index (χ1v) is 11.3. The van der Waals surface area contributed by atoms with Crippen molar-refractivity contribution >= 4 is 11.8 Å². The van der Waals surface area contributed by atoms with Gasteiger partial charge in [0.05, 0.1) is 0 Å². The molecule has 0 aliphatic carbocycles. The molecule has 0 radical (unpaired) electrons. The van der Waals surface area contributed by atoms with Crippen LogP contribution in [0.1, 0.15) is 122 Å². The predicted octanol–water partition coefficient (Wildman–Crippen LogP) is 6.61. The molecule has 1 heterocycles. The third kappa shape index (κ3) is 12.3. The van der Waals surface area contributed by atoms with Crippen LogP contribution in [0.25, 0.3) is 0 Å². The predicted molar refractivity (Wildman–Crippen MR) is 110 cm³/mol. The van der Waals surface area contributed by atoms with Crippen molar-refractivity contribution in [2.24, 2.45) is 0 Å². The van der Waals surface area contributed by atoms with Crippen LogP contribution >= 0.6 is 0 Å². The van der Waals surface area contributed by atoms with Crippen molar-refractivity contribution < 1.29 is 9.59 Å². The van der Waals surface area contributed by atoms with Crippen LogP contribution in [-0.2, 0) is 9.59 Å².